The van der Waals surface area contributed by atoms with Crippen molar-refractivity contribution < 1.29 is 0 Å². The van der Waals surface area contributed by atoms with Gasteiger partial charge in [-0.05, 0) is 51.8 Å². The number of benzene rings is 1. The van der Waals surface area contributed by atoms with Crippen LogP contribution in [0, 0.1) is 5.92 Å². The fraction of sp³-hybridized carbons (Fsp3) is 0.455. The molecule has 1 aliphatic rings. The van der Waals surface area contributed by atoms with E-state index in [1.807, 2.05) is 0 Å². The summed E-state index contributed by atoms with van der Waals surface area (Å²) in [4.78, 5) is 0. The van der Waals surface area contributed by atoms with Gasteiger partial charge in [-0.15, -0.1) is 0 Å². The number of hydrogen-bond acceptors (Lipinski definition) is 0. The average Bonchev–Trinajstić information content (AvgIpc) is 2.52. The number of hydrogen-bond donors (Lipinski definition) is 0. The maximum absolute atomic E-state index is 3.73. The van der Waals surface area contributed by atoms with Gasteiger partial charge < -0.3 is 0 Å². The van der Waals surface area contributed by atoms with E-state index in [1.165, 1.54) is 27.6 Å². The second kappa shape index (κ2) is 8.15. The smallest absolute Gasteiger partial charge is 0.00832 e. The zero-order valence-electron chi connectivity index (χ0n) is 14.9. The third kappa shape index (κ3) is 5.49. The summed E-state index contributed by atoms with van der Waals surface area (Å²) in [6.45, 7) is 9.01. The van der Waals surface area contributed by atoms with Crippen molar-refractivity contribution in [2.45, 2.75) is 58.8 Å². The highest BCUT2D eigenvalue weighted by atomic mass is 79.9. The summed E-state index contributed by atoms with van der Waals surface area (Å²) < 4.78 is 1.35. The van der Waals surface area contributed by atoms with Crippen LogP contribution in [0.3, 0.4) is 0 Å². The lowest BCUT2D eigenvalue weighted by atomic mass is 9.85. The van der Waals surface area contributed by atoms with Crippen molar-refractivity contribution in [1.29, 1.82) is 0 Å². The fourth-order valence-electron chi connectivity index (χ4n) is 2.88. The van der Waals surface area contributed by atoms with Gasteiger partial charge in [0, 0.05) is 0 Å². The monoisotopic (exact) mass is 372 g/mol. The second-order valence-electron chi connectivity index (χ2n) is 7.49. The zero-order chi connectivity index (χ0) is 16.9. The first-order valence-electron chi connectivity index (χ1n) is 8.74. The quantitative estimate of drug-likeness (QED) is 0.504. The van der Waals surface area contributed by atoms with E-state index in [2.05, 4.69) is 92.2 Å². The molecule has 0 heterocycles. The lowest BCUT2D eigenvalue weighted by Crippen LogP contribution is -2.10. The molecule has 1 aliphatic carbocycles. The molecule has 23 heavy (non-hydrogen) atoms. The lowest BCUT2D eigenvalue weighted by molar-refractivity contribution is 0.590. The molecule has 0 spiro atoms. The molecule has 0 aromatic heterocycles. The predicted octanol–water partition coefficient (Wildman–Crippen LogP) is 7.41. The molecule has 0 bridgehead atoms. The van der Waals surface area contributed by atoms with Crippen molar-refractivity contribution in [3.63, 3.8) is 0 Å². The van der Waals surface area contributed by atoms with Gasteiger partial charge in [0.25, 0.3) is 0 Å². The van der Waals surface area contributed by atoms with Crippen LogP contribution in [0.5, 0.6) is 0 Å². The average molecular weight is 373 g/mol. The van der Waals surface area contributed by atoms with E-state index in [9.17, 15) is 0 Å². The molecule has 2 rings (SSSR count). The van der Waals surface area contributed by atoms with Crippen molar-refractivity contribution in [2.24, 2.45) is 5.92 Å². The Morgan fingerprint density at radius 2 is 1.91 bits per heavy atom. The van der Waals surface area contributed by atoms with Crippen LogP contribution in [0.25, 0.3) is 5.57 Å². The van der Waals surface area contributed by atoms with Crippen molar-refractivity contribution in [3.05, 3.63) is 64.2 Å². The van der Waals surface area contributed by atoms with E-state index < -0.39 is 0 Å². The van der Waals surface area contributed by atoms with Gasteiger partial charge in [-0.2, -0.15) is 0 Å². The van der Waals surface area contributed by atoms with Gasteiger partial charge in [0.1, 0.15) is 0 Å². The Morgan fingerprint density at radius 1 is 1.22 bits per heavy atom. The van der Waals surface area contributed by atoms with Crippen molar-refractivity contribution in [1.82, 2.24) is 0 Å². The van der Waals surface area contributed by atoms with Crippen LogP contribution in [0.4, 0.5) is 0 Å². The summed E-state index contributed by atoms with van der Waals surface area (Å²) in [5.41, 5.74) is 4.29. The minimum Gasteiger partial charge on any atom is -0.0833 e. The van der Waals surface area contributed by atoms with E-state index in [4.69, 9.17) is 0 Å². The number of halogens is 1. The highest BCUT2D eigenvalue weighted by molar-refractivity contribution is 9.11. The lowest BCUT2D eigenvalue weighted by Gasteiger charge is -2.20. The summed E-state index contributed by atoms with van der Waals surface area (Å²) in [5, 5.41) is 0. The molecule has 0 aliphatic heterocycles. The van der Waals surface area contributed by atoms with Crippen LogP contribution in [-0.2, 0) is 5.41 Å². The molecular weight excluding hydrogens is 344 g/mol. The van der Waals surface area contributed by atoms with Crippen LogP contribution in [-0.4, -0.2) is 0 Å². The fourth-order valence-corrected chi connectivity index (χ4v) is 3.52. The SMILES string of the molecule is CCC/C=C(/Br)CC1C=C(c2ccc(C(C)(C)C)cc2)C=CC1. The summed E-state index contributed by atoms with van der Waals surface area (Å²) in [6.07, 6.45) is 14.0. The van der Waals surface area contributed by atoms with Crippen LogP contribution in [0.2, 0.25) is 0 Å². The number of unbranched alkanes of at least 4 members (excludes halogenated alkanes) is 1. The minimum atomic E-state index is 0.215. The molecule has 0 saturated carbocycles. The maximum atomic E-state index is 3.73. The van der Waals surface area contributed by atoms with E-state index >= 15 is 0 Å². The topological polar surface area (TPSA) is 0 Å². The Bertz CT molecular complexity index is 594. The number of allylic oxidation sites excluding steroid dienone is 6. The molecule has 0 N–H and O–H groups in total. The van der Waals surface area contributed by atoms with Gasteiger partial charge in [0.15, 0.2) is 0 Å². The van der Waals surface area contributed by atoms with Gasteiger partial charge in [-0.1, -0.05) is 98.6 Å². The van der Waals surface area contributed by atoms with Gasteiger partial charge in [-0.25, -0.2) is 0 Å². The van der Waals surface area contributed by atoms with Crippen LogP contribution in [0.1, 0.15) is 64.5 Å². The summed E-state index contributed by atoms with van der Waals surface area (Å²) >= 11 is 3.73. The Kier molecular flexibility index (Phi) is 6.47. The predicted molar refractivity (Wildman–Crippen MR) is 107 cm³/mol. The molecule has 0 amide bonds. The molecule has 1 atom stereocenters. The molecule has 1 aromatic rings. The highest BCUT2D eigenvalue weighted by Crippen LogP contribution is 2.31. The van der Waals surface area contributed by atoms with Gasteiger partial charge in [-0.3, -0.25) is 0 Å². The highest BCUT2D eigenvalue weighted by Gasteiger charge is 2.15. The Balaban J connectivity index is 2.11. The molecule has 1 aromatic carbocycles. The normalized spacial score (nSPS) is 18.9. The van der Waals surface area contributed by atoms with Gasteiger partial charge >= 0.3 is 0 Å². The van der Waals surface area contributed by atoms with Gasteiger partial charge in [0.05, 0.1) is 0 Å². The largest absolute Gasteiger partial charge is 0.0833 e. The van der Waals surface area contributed by atoms with E-state index in [-0.39, 0.29) is 5.41 Å². The maximum Gasteiger partial charge on any atom is -0.00832 e. The van der Waals surface area contributed by atoms with Crippen LogP contribution >= 0.6 is 15.9 Å². The van der Waals surface area contributed by atoms with Gasteiger partial charge in [0.2, 0.25) is 0 Å². The Hall–Kier alpha value is -1.08. The summed E-state index contributed by atoms with van der Waals surface area (Å²) in [6, 6.07) is 9.07. The first-order chi connectivity index (χ1) is 10.9. The number of rotatable bonds is 5. The van der Waals surface area contributed by atoms with E-state index in [0.29, 0.717) is 5.92 Å². The molecule has 1 unspecified atom stereocenters. The zero-order valence-corrected chi connectivity index (χ0v) is 16.5. The van der Waals surface area contributed by atoms with Crippen molar-refractivity contribution >= 4 is 21.5 Å². The first-order valence-corrected chi connectivity index (χ1v) is 9.53. The van der Waals surface area contributed by atoms with Crippen LogP contribution < -0.4 is 0 Å². The Labute approximate surface area is 150 Å². The molecule has 1 heteroatoms. The third-order valence-electron chi connectivity index (χ3n) is 4.35. The molecule has 124 valence electrons. The molecule has 0 nitrogen and oxygen atoms in total. The molecular formula is C22H29Br. The van der Waals surface area contributed by atoms with Crippen molar-refractivity contribution in [3.8, 4) is 0 Å². The summed E-state index contributed by atoms with van der Waals surface area (Å²) in [5.74, 6) is 0.597. The molecule has 0 fully saturated rings. The first kappa shape index (κ1) is 18.3. The molecule has 0 saturated heterocycles. The van der Waals surface area contributed by atoms with E-state index in [0.717, 1.165) is 19.3 Å². The minimum absolute atomic E-state index is 0.215. The van der Waals surface area contributed by atoms with Crippen LogP contribution in [0.15, 0.2) is 53.1 Å². The standard InChI is InChI=1S/C22H29Br/c1-5-6-10-21(23)16-17-8-7-9-19(15-17)18-11-13-20(14-12-18)22(2,3)4/h7,9-15,17H,5-6,8,16H2,1-4H3/b21-10+. The Morgan fingerprint density at radius 3 is 2.52 bits per heavy atom. The van der Waals surface area contributed by atoms with Crippen molar-refractivity contribution in [2.75, 3.05) is 0 Å². The van der Waals surface area contributed by atoms with E-state index in [1.54, 1.807) is 0 Å². The second-order valence-corrected chi connectivity index (χ2v) is 8.51. The third-order valence-corrected chi connectivity index (χ3v) is 4.99. The summed E-state index contributed by atoms with van der Waals surface area (Å²) in [7, 11) is 0. The molecule has 0 radical (unpaired) electrons.